The molecule has 0 atom stereocenters. The van der Waals surface area contributed by atoms with Crippen molar-refractivity contribution in [2.75, 3.05) is 0 Å². The molecule has 0 unspecified atom stereocenters. The second-order valence-electron chi connectivity index (χ2n) is 7.61. The molecular weight excluding hydrogens is 465 g/mol. The quantitative estimate of drug-likeness (QED) is 0.224. The monoisotopic (exact) mass is 488 g/mol. The van der Waals surface area contributed by atoms with Crippen molar-refractivity contribution in [2.24, 2.45) is 7.05 Å². The van der Waals surface area contributed by atoms with Crippen molar-refractivity contribution in [3.8, 4) is 5.69 Å². The average Bonchev–Trinajstić information content (AvgIpc) is 3.06. The van der Waals surface area contributed by atoms with Gasteiger partial charge in [-0.25, -0.2) is 8.42 Å². The van der Waals surface area contributed by atoms with Crippen molar-refractivity contribution in [2.45, 2.75) is 19.4 Å². The molecule has 0 aliphatic carbocycles. The first kappa shape index (κ1) is 25.2. The Kier molecular flexibility index (Phi) is 7.28. The van der Waals surface area contributed by atoms with Crippen LogP contribution >= 0.6 is 0 Å². The number of nitrogens with zero attached hydrogens (tertiary/aromatic N) is 2. The lowest BCUT2D eigenvalue weighted by Gasteiger charge is -2.09. The van der Waals surface area contributed by atoms with Crippen molar-refractivity contribution < 1.29 is 30.7 Å². The van der Waals surface area contributed by atoms with Crippen LogP contribution in [0.4, 0.5) is 13.2 Å². The Bertz CT molecular complexity index is 1440. The summed E-state index contributed by atoms with van der Waals surface area (Å²) in [5, 5.41) is 1.26. The minimum absolute atomic E-state index is 1.19. The zero-order valence-electron chi connectivity index (χ0n) is 18.7. The molecule has 9 heteroatoms. The van der Waals surface area contributed by atoms with Gasteiger partial charge in [-0.15, -0.1) is 0 Å². The van der Waals surface area contributed by atoms with Gasteiger partial charge in [0.1, 0.15) is 7.05 Å². The predicted molar refractivity (Wildman–Crippen MR) is 125 cm³/mol. The van der Waals surface area contributed by atoms with Crippen LogP contribution in [0.25, 0.3) is 28.7 Å². The summed E-state index contributed by atoms with van der Waals surface area (Å²) >= 11 is 0. The van der Waals surface area contributed by atoms with E-state index in [2.05, 4.69) is 115 Å². The van der Waals surface area contributed by atoms with Crippen molar-refractivity contribution in [3.05, 3.63) is 95.4 Å². The Balaban J connectivity index is 0.000000350. The van der Waals surface area contributed by atoms with Gasteiger partial charge >= 0.3 is 5.51 Å². The van der Waals surface area contributed by atoms with Gasteiger partial charge in [-0.05, 0) is 55.8 Å². The standard InChI is InChI=1S/C24H23N2.CHF3O3S/c1-18-17-21(19(2)26(18)23-10-5-4-6-11-23)14-16-22-15-13-20-9-7-8-12-24(20)25(22)3;2-1(3,4)8(5,6)7/h4-17H,1-3H3;(H,5,6,7)/q+1;/p-1. The zero-order chi connectivity index (χ0) is 25.1. The number of halogens is 3. The highest BCUT2D eigenvalue weighted by Gasteiger charge is 2.36. The van der Waals surface area contributed by atoms with Crippen LogP contribution in [0, 0.1) is 13.8 Å². The molecule has 0 amide bonds. The summed E-state index contributed by atoms with van der Waals surface area (Å²) in [6.07, 6.45) is 4.41. The van der Waals surface area contributed by atoms with Gasteiger partial charge < -0.3 is 9.12 Å². The van der Waals surface area contributed by atoms with Crippen molar-refractivity contribution in [1.29, 1.82) is 0 Å². The van der Waals surface area contributed by atoms with Gasteiger partial charge in [0.25, 0.3) is 0 Å². The van der Waals surface area contributed by atoms with Crippen LogP contribution in [0.5, 0.6) is 0 Å². The third kappa shape index (κ3) is 5.55. The highest BCUT2D eigenvalue weighted by Crippen LogP contribution is 2.23. The molecule has 178 valence electrons. The summed E-state index contributed by atoms with van der Waals surface area (Å²) in [6.45, 7) is 4.34. The maximum Gasteiger partial charge on any atom is 0.485 e. The van der Waals surface area contributed by atoms with Gasteiger partial charge in [0.15, 0.2) is 10.1 Å². The molecule has 0 radical (unpaired) electrons. The van der Waals surface area contributed by atoms with Gasteiger partial charge in [0, 0.05) is 40.7 Å². The van der Waals surface area contributed by atoms with E-state index >= 15 is 0 Å². The van der Waals surface area contributed by atoms with Crippen LogP contribution in [0.3, 0.4) is 0 Å². The number of fused-ring (bicyclic) bond motifs is 1. The van der Waals surface area contributed by atoms with Crippen molar-refractivity contribution >= 4 is 33.2 Å². The van der Waals surface area contributed by atoms with Crippen molar-refractivity contribution in [3.63, 3.8) is 0 Å². The summed E-state index contributed by atoms with van der Waals surface area (Å²) in [7, 11) is -3.97. The molecule has 0 aliphatic rings. The minimum Gasteiger partial charge on any atom is -0.741 e. The van der Waals surface area contributed by atoms with E-state index in [9.17, 15) is 13.2 Å². The lowest BCUT2D eigenvalue weighted by Crippen LogP contribution is -2.32. The van der Waals surface area contributed by atoms with E-state index in [1.165, 1.54) is 39.2 Å². The lowest BCUT2D eigenvalue weighted by atomic mass is 10.1. The van der Waals surface area contributed by atoms with Gasteiger partial charge in [-0.2, -0.15) is 17.7 Å². The summed E-state index contributed by atoms with van der Waals surface area (Å²) in [4.78, 5) is 0. The molecule has 0 saturated heterocycles. The van der Waals surface area contributed by atoms with Crippen LogP contribution < -0.4 is 4.57 Å². The Morgan fingerprint density at radius 2 is 1.50 bits per heavy atom. The van der Waals surface area contributed by atoms with Crippen molar-refractivity contribution in [1.82, 2.24) is 4.57 Å². The van der Waals surface area contributed by atoms with E-state index in [1.807, 2.05) is 0 Å². The summed E-state index contributed by atoms with van der Waals surface area (Å²) in [5.74, 6) is 0. The van der Waals surface area contributed by atoms with Gasteiger partial charge in [-0.1, -0.05) is 30.3 Å². The number of benzene rings is 2. The zero-order valence-corrected chi connectivity index (χ0v) is 19.6. The Morgan fingerprint density at radius 1 is 0.912 bits per heavy atom. The molecule has 0 saturated carbocycles. The van der Waals surface area contributed by atoms with E-state index < -0.39 is 15.6 Å². The fourth-order valence-electron chi connectivity index (χ4n) is 3.63. The highest BCUT2D eigenvalue weighted by molar-refractivity contribution is 7.86. The lowest BCUT2D eigenvalue weighted by molar-refractivity contribution is -0.646. The summed E-state index contributed by atoms with van der Waals surface area (Å²) in [5.41, 5.74) is 1.74. The maximum atomic E-state index is 10.7. The van der Waals surface area contributed by atoms with Crippen LogP contribution in [0.2, 0.25) is 0 Å². The summed E-state index contributed by atoms with van der Waals surface area (Å²) in [6, 6.07) is 25.6. The fraction of sp³-hybridized carbons (Fsp3) is 0.160. The van der Waals surface area contributed by atoms with E-state index in [0.29, 0.717) is 0 Å². The number of para-hydroxylation sites is 2. The third-order valence-electron chi connectivity index (χ3n) is 5.32. The Labute approximate surface area is 196 Å². The molecule has 0 aliphatic heterocycles. The number of hydrogen-bond donors (Lipinski definition) is 0. The molecule has 4 rings (SSSR count). The highest BCUT2D eigenvalue weighted by atomic mass is 32.2. The topological polar surface area (TPSA) is 66.0 Å². The second kappa shape index (κ2) is 9.82. The predicted octanol–water partition coefficient (Wildman–Crippen LogP) is 5.29. The molecule has 2 heterocycles. The van der Waals surface area contributed by atoms with Crippen LogP contribution in [-0.2, 0) is 17.2 Å². The minimum atomic E-state index is -6.09. The Hall–Kier alpha value is -3.43. The molecular formula is C25H23F3N2O3S. The number of rotatable bonds is 3. The molecule has 4 aromatic rings. The number of aryl methyl sites for hydroxylation is 2. The number of hydrogen-bond acceptors (Lipinski definition) is 3. The average molecular weight is 489 g/mol. The van der Waals surface area contributed by atoms with Crippen LogP contribution in [0.15, 0.2) is 72.8 Å². The molecule has 2 aromatic carbocycles. The molecule has 0 spiro atoms. The molecule has 0 bridgehead atoms. The van der Waals surface area contributed by atoms with Gasteiger partial charge in [0.2, 0.25) is 11.2 Å². The molecule has 34 heavy (non-hydrogen) atoms. The van der Waals surface area contributed by atoms with Gasteiger partial charge in [-0.3, -0.25) is 0 Å². The smallest absolute Gasteiger partial charge is 0.485 e. The number of pyridine rings is 1. The van der Waals surface area contributed by atoms with Crippen LogP contribution in [-0.4, -0.2) is 23.0 Å². The fourth-order valence-corrected chi connectivity index (χ4v) is 3.63. The second-order valence-corrected chi connectivity index (χ2v) is 8.98. The first-order valence-corrected chi connectivity index (χ1v) is 11.6. The molecule has 2 aromatic heterocycles. The van der Waals surface area contributed by atoms with E-state index in [-0.39, 0.29) is 0 Å². The molecule has 0 fully saturated rings. The first-order valence-electron chi connectivity index (χ1n) is 10.2. The number of alkyl halides is 3. The van der Waals surface area contributed by atoms with E-state index in [4.69, 9.17) is 13.0 Å². The Morgan fingerprint density at radius 3 is 2.12 bits per heavy atom. The van der Waals surface area contributed by atoms with Gasteiger partial charge in [0.05, 0.1) is 0 Å². The first-order chi connectivity index (χ1) is 15.9. The third-order valence-corrected chi connectivity index (χ3v) is 5.89. The maximum absolute atomic E-state index is 10.7. The number of aromatic nitrogens is 2. The molecule has 0 N–H and O–H groups in total. The normalized spacial score (nSPS) is 12.1. The van der Waals surface area contributed by atoms with E-state index in [0.717, 1.165) is 0 Å². The summed E-state index contributed by atoms with van der Waals surface area (Å²) < 4.78 is 63.4. The molecule has 5 nitrogen and oxygen atoms in total. The SMILES string of the molecule is Cc1cc(/C=C/c2ccc3ccccc3[n+]2C)c(C)n1-c1ccccc1.O=S(=O)([O-])C(F)(F)F. The largest absolute Gasteiger partial charge is 0.741 e. The van der Waals surface area contributed by atoms with E-state index in [1.54, 1.807) is 0 Å². The van der Waals surface area contributed by atoms with Crippen LogP contribution in [0.1, 0.15) is 22.6 Å².